The fourth-order valence-corrected chi connectivity index (χ4v) is 4.16. The lowest BCUT2D eigenvalue weighted by atomic mass is 10.1. The van der Waals surface area contributed by atoms with Gasteiger partial charge in [0.15, 0.2) is 0 Å². The van der Waals surface area contributed by atoms with E-state index in [9.17, 15) is 18.8 Å². The second-order valence-electron chi connectivity index (χ2n) is 7.55. The van der Waals surface area contributed by atoms with E-state index in [2.05, 4.69) is 21.1 Å². The number of aryl methyl sites for hydroxylation is 1. The van der Waals surface area contributed by atoms with Crippen molar-refractivity contribution in [2.45, 2.75) is 26.8 Å². The molecule has 1 aliphatic heterocycles. The average molecular weight is 424 g/mol. The summed E-state index contributed by atoms with van der Waals surface area (Å²) in [6.07, 6.45) is -0.951. The molecule has 1 aromatic carbocycles. The van der Waals surface area contributed by atoms with E-state index < -0.39 is 13.0 Å². The summed E-state index contributed by atoms with van der Waals surface area (Å²) in [5.74, 6) is -0.199. The molecular formula is C22H22F2N6O. The molecule has 0 unspecified atom stereocenters. The minimum atomic E-state index is -2.53. The molecule has 1 saturated heterocycles. The predicted molar refractivity (Wildman–Crippen MR) is 112 cm³/mol. The molecule has 31 heavy (non-hydrogen) atoms. The molecular weight excluding hydrogens is 402 g/mol. The molecule has 3 aromatic rings. The number of alkyl halides is 2. The summed E-state index contributed by atoms with van der Waals surface area (Å²) >= 11 is 0. The Bertz CT molecular complexity index is 1170. The third-order valence-electron chi connectivity index (χ3n) is 5.66. The zero-order valence-electron chi connectivity index (χ0n) is 17.3. The Morgan fingerprint density at radius 3 is 2.58 bits per heavy atom. The van der Waals surface area contributed by atoms with Gasteiger partial charge in [0.05, 0.1) is 28.0 Å². The van der Waals surface area contributed by atoms with Crippen molar-refractivity contribution < 1.29 is 13.6 Å². The van der Waals surface area contributed by atoms with E-state index in [1.54, 1.807) is 24.9 Å². The zero-order chi connectivity index (χ0) is 22.1. The van der Waals surface area contributed by atoms with Gasteiger partial charge in [-0.15, -0.1) is 0 Å². The van der Waals surface area contributed by atoms with Gasteiger partial charge in [-0.2, -0.15) is 10.4 Å². The molecule has 0 saturated carbocycles. The van der Waals surface area contributed by atoms with Crippen LogP contribution in [0.1, 0.15) is 27.3 Å². The molecule has 0 aliphatic carbocycles. The number of amides is 1. The summed E-state index contributed by atoms with van der Waals surface area (Å²) in [4.78, 5) is 21.3. The van der Waals surface area contributed by atoms with Crippen LogP contribution in [0.5, 0.6) is 0 Å². The summed E-state index contributed by atoms with van der Waals surface area (Å²) in [5, 5.41) is 14.6. The second kappa shape index (κ2) is 8.30. The first kappa shape index (κ1) is 20.7. The molecule has 9 heteroatoms. The SMILES string of the molecule is Cc1nn(CC(F)F)c(C)c1C(=O)N1CCN(c2c(C#N)cnc3ccccc23)CC1. The highest BCUT2D eigenvalue weighted by atomic mass is 19.3. The maximum absolute atomic E-state index is 13.1. The number of hydrogen-bond acceptors (Lipinski definition) is 5. The van der Waals surface area contributed by atoms with Gasteiger partial charge in [0.1, 0.15) is 12.6 Å². The van der Waals surface area contributed by atoms with Crippen LogP contribution in [0.15, 0.2) is 30.5 Å². The van der Waals surface area contributed by atoms with Gasteiger partial charge >= 0.3 is 0 Å². The number of piperazine rings is 1. The van der Waals surface area contributed by atoms with Crippen LogP contribution in [0.4, 0.5) is 14.5 Å². The maximum atomic E-state index is 13.1. The topological polar surface area (TPSA) is 78.0 Å². The lowest BCUT2D eigenvalue weighted by molar-refractivity contribution is 0.0744. The quantitative estimate of drug-likeness (QED) is 0.643. The van der Waals surface area contributed by atoms with Gasteiger partial charge in [-0.3, -0.25) is 14.5 Å². The van der Waals surface area contributed by atoms with Crippen LogP contribution < -0.4 is 4.90 Å². The van der Waals surface area contributed by atoms with Crippen molar-refractivity contribution in [3.05, 3.63) is 53.0 Å². The lowest BCUT2D eigenvalue weighted by Gasteiger charge is -2.37. The molecule has 4 rings (SSSR count). The van der Waals surface area contributed by atoms with E-state index in [0.717, 1.165) is 16.6 Å². The Kier molecular flexibility index (Phi) is 5.55. The Morgan fingerprint density at radius 1 is 1.19 bits per heavy atom. The summed E-state index contributed by atoms with van der Waals surface area (Å²) in [6, 6.07) is 9.89. The minimum Gasteiger partial charge on any atom is -0.366 e. The van der Waals surface area contributed by atoms with Crippen LogP contribution in [0.2, 0.25) is 0 Å². The van der Waals surface area contributed by atoms with Crippen LogP contribution in [0.3, 0.4) is 0 Å². The second-order valence-corrected chi connectivity index (χ2v) is 7.55. The van der Waals surface area contributed by atoms with Crippen molar-refractivity contribution in [2.75, 3.05) is 31.1 Å². The van der Waals surface area contributed by atoms with Gasteiger partial charge in [-0.05, 0) is 19.9 Å². The van der Waals surface area contributed by atoms with Gasteiger partial charge in [0.25, 0.3) is 12.3 Å². The van der Waals surface area contributed by atoms with Gasteiger partial charge < -0.3 is 9.80 Å². The van der Waals surface area contributed by atoms with Crippen molar-refractivity contribution in [1.29, 1.82) is 5.26 Å². The van der Waals surface area contributed by atoms with Crippen molar-refractivity contribution >= 4 is 22.5 Å². The van der Waals surface area contributed by atoms with Crippen molar-refractivity contribution in [2.24, 2.45) is 0 Å². The number of benzene rings is 1. The van der Waals surface area contributed by atoms with E-state index >= 15 is 0 Å². The number of carbonyl (C=O) groups excluding carboxylic acids is 1. The van der Waals surface area contributed by atoms with Gasteiger partial charge in [-0.1, -0.05) is 18.2 Å². The van der Waals surface area contributed by atoms with Crippen LogP contribution in [0, 0.1) is 25.2 Å². The van der Waals surface area contributed by atoms with E-state index in [0.29, 0.717) is 48.7 Å². The molecule has 1 aliphatic rings. The molecule has 2 aromatic heterocycles. The monoisotopic (exact) mass is 424 g/mol. The Morgan fingerprint density at radius 2 is 1.90 bits per heavy atom. The van der Waals surface area contributed by atoms with Crippen LogP contribution in [-0.2, 0) is 6.54 Å². The number of nitrogens with zero attached hydrogens (tertiary/aromatic N) is 6. The molecule has 0 atom stereocenters. The fourth-order valence-electron chi connectivity index (χ4n) is 4.16. The van der Waals surface area contributed by atoms with Crippen LogP contribution in [-0.4, -0.2) is 58.2 Å². The van der Waals surface area contributed by atoms with Gasteiger partial charge in [0, 0.05) is 43.5 Å². The number of hydrogen-bond donors (Lipinski definition) is 0. The van der Waals surface area contributed by atoms with E-state index in [-0.39, 0.29) is 5.91 Å². The predicted octanol–water partition coefficient (Wildman–Crippen LogP) is 3.15. The first-order valence-electron chi connectivity index (χ1n) is 10.0. The standard InChI is InChI=1S/C22H22F2N6O/c1-14-20(15(2)30(27-14)13-19(23)24)22(31)29-9-7-28(8-10-29)21-16(11-25)12-26-18-6-4-3-5-17(18)21/h3-6,12,19H,7-10,13H2,1-2H3. The van der Waals surface area contributed by atoms with Crippen molar-refractivity contribution in [3.63, 3.8) is 0 Å². The molecule has 0 radical (unpaired) electrons. The summed E-state index contributed by atoms with van der Waals surface area (Å²) in [5.41, 5.74) is 3.44. The number of carbonyl (C=O) groups is 1. The fraction of sp³-hybridized carbons (Fsp3) is 0.364. The Hall–Kier alpha value is -3.54. The van der Waals surface area contributed by atoms with Crippen LogP contribution >= 0.6 is 0 Å². The summed E-state index contributed by atoms with van der Waals surface area (Å²) < 4.78 is 26.8. The van der Waals surface area contributed by atoms with Crippen LogP contribution in [0.25, 0.3) is 10.9 Å². The Balaban J connectivity index is 1.55. The summed E-state index contributed by atoms with van der Waals surface area (Å²) in [6.45, 7) is 4.81. The number of pyridine rings is 1. The van der Waals surface area contributed by atoms with Crippen molar-refractivity contribution in [3.8, 4) is 6.07 Å². The highest BCUT2D eigenvalue weighted by Crippen LogP contribution is 2.30. The molecule has 0 bridgehead atoms. The highest BCUT2D eigenvalue weighted by Gasteiger charge is 2.28. The molecule has 160 valence electrons. The highest BCUT2D eigenvalue weighted by molar-refractivity contribution is 5.97. The lowest BCUT2D eigenvalue weighted by Crippen LogP contribution is -2.49. The third kappa shape index (κ3) is 3.81. The first-order chi connectivity index (χ1) is 14.9. The Labute approximate surface area is 178 Å². The summed E-state index contributed by atoms with van der Waals surface area (Å²) in [7, 11) is 0. The van der Waals surface area contributed by atoms with Crippen molar-refractivity contribution in [1.82, 2.24) is 19.7 Å². The molecule has 7 nitrogen and oxygen atoms in total. The molecule has 0 N–H and O–H groups in total. The molecule has 1 fully saturated rings. The normalized spacial score (nSPS) is 14.3. The van der Waals surface area contributed by atoms with Gasteiger partial charge in [0.2, 0.25) is 0 Å². The number of fused-ring (bicyclic) bond motifs is 1. The molecule has 0 spiro atoms. The largest absolute Gasteiger partial charge is 0.366 e. The number of nitriles is 1. The number of anilines is 1. The third-order valence-corrected chi connectivity index (χ3v) is 5.66. The minimum absolute atomic E-state index is 0.199. The number of halogens is 2. The zero-order valence-corrected chi connectivity index (χ0v) is 17.3. The molecule has 3 heterocycles. The van der Waals surface area contributed by atoms with E-state index in [1.165, 1.54) is 4.68 Å². The van der Waals surface area contributed by atoms with Gasteiger partial charge in [-0.25, -0.2) is 8.78 Å². The number of rotatable bonds is 4. The molecule has 1 amide bonds. The average Bonchev–Trinajstić information content (AvgIpc) is 3.04. The first-order valence-corrected chi connectivity index (χ1v) is 10.0. The number of aromatic nitrogens is 3. The van der Waals surface area contributed by atoms with E-state index in [1.807, 2.05) is 24.3 Å². The van der Waals surface area contributed by atoms with E-state index in [4.69, 9.17) is 0 Å². The smallest absolute Gasteiger partial charge is 0.257 e. The maximum Gasteiger partial charge on any atom is 0.257 e. The number of para-hydroxylation sites is 1.